The fourth-order valence-electron chi connectivity index (χ4n) is 4.05. The number of anilines is 2. The molecule has 1 saturated carbocycles. The minimum Gasteiger partial charge on any atom is -0.444 e. The number of ether oxygens (including phenoxy) is 1. The van der Waals surface area contributed by atoms with Crippen LogP contribution in [0.3, 0.4) is 0 Å². The third-order valence-electron chi connectivity index (χ3n) is 5.59. The first-order valence-corrected chi connectivity index (χ1v) is 11.4. The Balaban J connectivity index is 1.34. The van der Waals surface area contributed by atoms with Crippen molar-refractivity contribution in [2.24, 2.45) is 5.92 Å². The maximum Gasteiger partial charge on any atom is 0.407 e. The molecular formula is C22H32N8O3. The third-order valence-corrected chi connectivity index (χ3v) is 5.59. The minimum atomic E-state index is -0.488. The molecule has 0 aliphatic heterocycles. The van der Waals surface area contributed by atoms with Gasteiger partial charge in [0.15, 0.2) is 5.65 Å². The highest BCUT2D eigenvalue weighted by atomic mass is 16.6. The molecule has 0 bridgehead atoms. The molecule has 3 aromatic rings. The monoisotopic (exact) mass is 456 g/mol. The molecule has 0 saturated heterocycles. The molecule has 0 aromatic carbocycles. The van der Waals surface area contributed by atoms with Crippen LogP contribution >= 0.6 is 0 Å². The average molecular weight is 457 g/mol. The lowest BCUT2D eigenvalue weighted by Gasteiger charge is -2.30. The number of hydrogen-bond acceptors (Lipinski definition) is 8. The second kappa shape index (κ2) is 9.74. The van der Waals surface area contributed by atoms with E-state index in [0.717, 1.165) is 48.9 Å². The SMILES string of the molecule is CC(C)(C)OC(=O)N[C@H]1CC[C@H](Cn2ncc3cnc(Nc4cnn(CCO)c4)nc32)CC1. The first-order valence-electron chi connectivity index (χ1n) is 11.4. The van der Waals surface area contributed by atoms with Gasteiger partial charge in [-0.25, -0.2) is 14.5 Å². The van der Waals surface area contributed by atoms with E-state index in [1.165, 1.54) is 0 Å². The highest BCUT2D eigenvalue weighted by Gasteiger charge is 2.25. The Labute approximate surface area is 192 Å². The lowest BCUT2D eigenvalue weighted by molar-refractivity contribution is 0.0486. The van der Waals surface area contributed by atoms with Crippen LogP contribution in [0.4, 0.5) is 16.4 Å². The Bertz CT molecular complexity index is 1080. The van der Waals surface area contributed by atoms with Gasteiger partial charge in [0.1, 0.15) is 5.60 Å². The van der Waals surface area contributed by atoms with Gasteiger partial charge in [-0.05, 0) is 52.4 Å². The average Bonchev–Trinajstić information content (AvgIpc) is 3.35. The van der Waals surface area contributed by atoms with Gasteiger partial charge in [0.05, 0.1) is 36.6 Å². The summed E-state index contributed by atoms with van der Waals surface area (Å²) < 4.78 is 8.95. The van der Waals surface area contributed by atoms with Gasteiger partial charge < -0.3 is 20.5 Å². The van der Waals surface area contributed by atoms with Crippen molar-refractivity contribution in [2.75, 3.05) is 11.9 Å². The van der Waals surface area contributed by atoms with Crippen LogP contribution in [0.25, 0.3) is 11.0 Å². The van der Waals surface area contributed by atoms with Gasteiger partial charge in [-0.3, -0.25) is 4.68 Å². The van der Waals surface area contributed by atoms with Crippen molar-refractivity contribution in [3.8, 4) is 0 Å². The van der Waals surface area contributed by atoms with Gasteiger partial charge in [0.25, 0.3) is 0 Å². The minimum absolute atomic E-state index is 0.0295. The largest absolute Gasteiger partial charge is 0.444 e. The van der Waals surface area contributed by atoms with E-state index in [-0.39, 0.29) is 18.7 Å². The molecule has 33 heavy (non-hydrogen) atoms. The molecule has 11 heteroatoms. The van der Waals surface area contributed by atoms with E-state index in [4.69, 9.17) is 9.84 Å². The Morgan fingerprint density at radius 3 is 2.70 bits per heavy atom. The van der Waals surface area contributed by atoms with Gasteiger partial charge in [0, 0.05) is 25.0 Å². The maximum absolute atomic E-state index is 12.0. The summed E-state index contributed by atoms with van der Waals surface area (Å²) in [4.78, 5) is 21.0. The molecule has 3 N–H and O–H groups in total. The molecule has 3 heterocycles. The zero-order valence-corrected chi connectivity index (χ0v) is 19.4. The van der Waals surface area contributed by atoms with Crippen molar-refractivity contribution >= 4 is 28.8 Å². The van der Waals surface area contributed by atoms with Crippen LogP contribution in [0, 0.1) is 5.92 Å². The topological polar surface area (TPSA) is 132 Å². The summed E-state index contributed by atoms with van der Waals surface area (Å²) in [5, 5.41) is 24.8. The number of fused-ring (bicyclic) bond motifs is 1. The lowest BCUT2D eigenvalue weighted by Crippen LogP contribution is -2.41. The number of amides is 1. The molecule has 0 spiro atoms. The van der Waals surface area contributed by atoms with Gasteiger partial charge in [-0.15, -0.1) is 0 Å². The van der Waals surface area contributed by atoms with Crippen molar-refractivity contribution in [2.45, 2.75) is 71.2 Å². The standard InChI is InChI=1S/C22H32N8O3/c1-22(2,3)33-21(32)27-17-6-4-15(5-7-17)13-30-19-16(11-25-30)10-23-20(28-19)26-18-12-24-29(14-18)8-9-31/h10-12,14-15,17,31H,4-9,13H2,1-3H3,(H,27,32)(H,23,26,28)/t15-,17-. The van der Waals surface area contributed by atoms with Crippen LogP contribution in [0.5, 0.6) is 0 Å². The number of aliphatic hydroxyl groups excluding tert-OH is 1. The number of aliphatic hydroxyl groups is 1. The van der Waals surface area contributed by atoms with E-state index >= 15 is 0 Å². The van der Waals surface area contributed by atoms with Crippen molar-refractivity contribution in [1.29, 1.82) is 0 Å². The number of carbonyl (C=O) groups excluding carboxylic acids is 1. The second-order valence-corrected chi connectivity index (χ2v) is 9.50. The third kappa shape index (κ3) is 6.19. The summed E-state index contributed by atoms with van der Waals surface area (Å²) >= 11 is 0. The predicted octanol–water partition coefficient (Wildman–Crippen LogP) is 2.84. The van der Waals surface area contributed by atoms with Crippen LogP contribution in [-0.4, -0.2) is 59.0 Å². The molecule has 0 unspecified atom stereocenters. The molecule has 11 nitrogen and oxygen atoms in total. The molecule has 4 rings (SSSR count). The quantitative estimate of drug-likeness (QED) is 0.494. The molecule has 1 amide bonds. The molecule has 178 valence electrons. The van der Waals surface area contributed by atoms with Crippen molar-refractivity contribution in [3.63, 3.8) is 0 Å². The van der Waals surface area contributed by atoms with Gasteiger partial charge in [0.2, 0.25) is 5.95 Å². The van der Waals surface area contributed by atoms with E-state index in [0.29, 0.717) is 18.4 Å². The highest BCUT2D eigenvalue weighted by Crippen LogP contribution is 2.27. The maximum atomic E-state index is 12.0. The van der Waals surface area contributed by atoms with Crippen molar-refractivity contribution in [1.82, 2.24) is 34.8 Å². The lowest BCUT2D eigenvalue weighted by atomic mass is 9.86. The van der Waals surface area contributed by atoms with E-state index in [1.807, 2.05) is 25.5 Å². The zero-order valence-electron chi connectivity index (χ0n) is 19.4. The second-order valence-electron chi connectivity index (χ2n) is 9.50. The summed E-state index contributed by atoms with van der Waals surface area (Å²) in [7, 11) is 0. The molecule has 1 fully saturated rings. The number of nitrogens with zero attached hydrogens (tertiary/aromatic N) is 6. The Hall–Kier alpha value is -3.21. The molecule has 3 aromatic heterocycles. The van der Waals surface area contributed by atoms with Gasteiger partial charge in [-0.1, -0.05) is 0 Å². The van der Waals surface area contributed by atoms with E-state index in [9.17, 15) is 4.79 Å². The van der Waals surface area contributed by atoms with Gasteiger partial charge >= 0.3 is 6.09 Å². The fourth-order valence-corrected chi connectivity index (χ4v) is 4.05. The molecular weight excluding hydrogens is 424 g/mol. The Kier molecular flexibility index (Phi) is 6.77. The van der Waals surface area contributed by atoms with E-state index in [1.54, 1.807) is 29.5 Å². The highest BCUT2D eigenvalue weighted by molar-refractivity contribution is 5.75. The van der Waals surface area contributed by atoms with Gasteiger partial charge in [-0.2, -0.15) is 15.2 Å². The summed E-state index contributed by atoms with van der Waals surface area (Å²) in [6.07, 6.45) is 10.5. The number of aromatic nitrogens is 6. The molecule has 0 atom stereocenters. The van der Waals surface area contributed by atoms with Crippen molar-refractivity contribution in [3.05, 3.63) is 24.8 Å². The van der Waals surface area contributed by atoms with E-state index in [2.05, 4.69) is 30.8 Å². The zero-order chi connectivity index (χ0) is 23.4. The van der Waals surface area contributed by atoms with Crippen LogP contribution in [0.1, 0.15) is 46.5 Å². The predicted molar refractivity (Wildman–Crippen MR) is 123 cm³/mol. The molecule has 0 radical (unpaired) electrons. The number of rotatable bonds is 7. The summed E-state index contributed by atoms with van der Waals surface area (Å²) in [6.45, 7) is 6.84. The fraction of sp³-hybridized carbons (Fsp3) is 0.591. The summed E-state index contributed by atoms with van der Waals surface area (Å²) in [6, 6.07) is 0.148. The number of alkyl carbamates (subject to hydrolysis) is 1. The number of carbonyl (C=O) groups is 1. The van der Waals surface area contributed by atoms with Crippen molar-refractivity contribution < 1.29 is 14.6 Å². The Morgan fingerprint density at radius 2 is 1.97 bits per heavy atom. The van der Waals surface area contributed by atoms with Crippen LogP contribution in [-0.2, 0) is 17.8 Å². The normalized spacial score (nSPS) is 18.9. The van der Waals surface area contributed by atoms with Crippen LogP contribution in [0.2, 0.25) is 0 Å². The molecule has 1 aliphatic rings. The first kappa shape index (κ1) is 23.0. The summed E-state index contributed by atoms with van der Waals surface area (Å²) in [5.41, 5.74) is 1.05. The first-order chi connectivity index (χ1) is 15.8. The molecule has 1 aliphatic carbocycles. The number of nitrogens with one attached hydrogen (secondary N) is 2. The van der Waals surface area contributed by atoms with Crippen LogP contribution in [0.15, 0.2) is 24.8 Å². The summed E-state index contributed by atoms with van der Waals surface area (Å²) in [5.74, 6) is 0.936. The number of hydrogen-bond donors (Lipinski definition) is 3. The van der Waals surface area contributed by atoms with E-state index < -0.39 is 5.60 Å². The Morgan fingerprint density at radius 1 is 1.18 bits per heavy atom. The smallest absolute Gasteiger partial charge is 0.407 e. The van der Waals surface area contributed by atoms with Crippen LogP contribution < -0.4 is 10.6 Å².